The Morgan fingerprint density at radius 3 is 2.45 bits per heavy atom. The molecule has 110 valence electrons. The van der Waals surface area contributed by atoms with Gasteiger partial charge in [-0.25, -0.2) is 0 Å². The third-order valence-corrected chi connectivity index (χ3v) is 4.65. The molecular weight excluding hydrogens is 250 g/mol. The fraction of sp³-hybridized carbons (Fsp3) is 0.625. The minimum absolute atomic E-state index is 0.342. The maximum Gasteiger partial charge on any atom is 0.115 e. The summed E-state index contributed by atoms with van der Waals surface area (Å²) >= 11 is 0. The van der Waals surface area contributed by atoms with Crippen LogP contribution in [-0.2, 0) is 0 Å². The van der Waals surface area contributed by atoms with Gasteiger partial charge in [-0.1, -0.05) is 6.92 Å². The van der Waals surface area contributed by atoms with Crippen molar-refractivity contribution in [3.05, 3.63) is 24.3 Å². The van der Waals surface area contributed by atoms with Gasteiger partial charge in [0.2, 0.25) is 0 Å². The molecule has 0 amide bonds. The van der Waals surface area contributed by atoms with Crippen LogP contribution in [0.1, 0.15) is 13.3 Å². The molecule has 3 rings (SSSR count). The number of rotatable bonds is 3. The van der Waals surface area contributed by atoms with Gasteiger partial charge in [0.25, 0.3) is 0 Å². The Bertz CT molecular complexity index is 432. The van der Waals surface area contributed by atoms with Gasteiger partial charge >= 0.3 is 0 Å². The van der Waals surface area contributed by atoms with Gasteiger partial charge in [-0.15, -0.1) is 0 Å². The number of hydrogen-bond acceptors (Lipinski definition) is 4. The molecule has 2 N–H and O–H groups in total. The lowest BCUT2D eigenvalue weighted by Crippen LogP contribution is -2.49. The van der Waals surface area contributed by atoms with E-state index in [4.69, 9.17) is 0 Å². The summed E-state index contributed by atoms with van der Waals surface area (Å²) in [5, 5.41) is 12.8. The van der Waals surface area contributed by atoms with Crippen molar-refractivity contribution in [3.63, 3.8) is 0 Å². The highest BCUT2D eigenvalue weighted by atomic mass is 16.3. The van der Waals surface area contributed by atoms with Crippen molar-refractivity contribution in [1.29, 1.82) is 0 Å². The first-order chi connectivity index (χ1) is 9.65. The van der Waals surface area contributed by atoms with Crippen molar-refractivity contribution in [2.24, 2.45) is 5.41 Å². The van der Waals surface area contributed by atoms with Crippen LogP contribution in [0, 0.1) is 5.41 Å². The minimum Gasteiger partial charge on any atom is -0.508 e. The van der Waals surface area contributed by atoms with Gasteiger partial charge in [0.05, 0.1) is 0 Å². The van der Waals surface area contributed by atoms with Gasteiger partial charge < -0.3 is 15.3 Å². The zero-order valence-electron chi connectivity index (χ0n) is 12.3. The summed E-state index contributed by atoms with van der Waals surface area (Å²) in [6.07, 6.45) is 1.30. The first-order valence-corrected chi connectivity index (χ1v) is 7.62. The summed E-state index contributed by atoms with van der Waals surface area (Å²) in [4.78, 5) is 5.01. The first-order valence-electron chi connectivity index (χ1n) is 7.62. The third-order valence-electron chi connectivity index (χ3n) is 4.65. The monoisotopic (exact) mass is 275 g/mol. The molecule has 4 nitrogen and oxygen atoms in total. The van der Waals surface area contributed by atoms with Crippen LogP contribution in [0.25, 0.3) is 0 Å². The Labute approximate surface area is 121 Å². The van der Waals surface area contributed by atoms with E-state index in [1.54, 1.807) is 12.1 Å². The zero-order chi connectivity index (χ0) is 14.0. The number of anilines is 1. The standard InChI is InChI=1S/C16H25N3O/c1-16(6-7-17-12-16)13-18-8-10-19(11-9-18)14-2-4-15(20)5-3-14/h2-5,17,20H,6-13H2,1H3. The zero-order valence-corrected chi connectivity index (χ0v) is 12.3. The molecule has 0 spiro atoms. The molecule has 4 heteroatoms. The third kappa shape index (κ3) is 3.07. The summed E-state index contributed by atoms with van der Waals surface area (Å²) < 4.78 is 0. The van der Waals surface area contributed by atoms with E-state index in [1.165, 1.54) is 25.2 Å². The largest absolute Gasteiger partial charge is 0.508 e. The molecule has 0 bridgehead atoms. The van der Waals surface area contributed by atoms with Gasteiger partial charge in [0, 0.05) is 45.0 Å². The highest BCUT2D eigenvalue weighted by Crippen LogP contribution is 2.27. The molecule has 1 aromatic carbocycles. The van der Waals surface area contributed by atoms with E-state index in [0.29, 0.717) is 11.2 Å². The SMILES string of the molecule is CC1(CN2CCN(c3ccc(O)cc3)CC2)CCNC1. The Balaban J connectivity index is 1.53. The summed E-state index contributed by atoms with van der Waals surface area (Å²) in [6.45, 7) is 10.4. The molecule has 0 radical (unpaired) electrons. The van der Waals surface area contributed by atoms with E-state index < -0.39 is 0 Å². The second-order valence-electron chi connectivity index (χ2n) is 6.52. The smallest absolute Gasteiger partial charge is 0.115 e. The Morgan fingerprint density at radius 1 is 1.15 bits per heavy atom. The molecular formula is C16H25N3O. The minimum atomic E-state index is 0.342. The van der Waals surface area contributed by atoms with Crippen LogP contribution >= 0.6 is 0 Å². The average Bonchev–Trinajstić information content (AvgIpc) is 2.87. The molecule has 2 heterocycles. The fourth-order valence-corrected chi connectivity index (χ4v) is 3.37. The van der Waals surface area contributed by atoms with Crippen molar-refractivity contribution in [2.45, 2.75) is 13.3 Å². The normalized spacial score (nSPS) is 27.9. The lowest BCUT2D eigenvalue weighted by atomic mass is 9.89. The van der Waals surface area contributed by atoms with Crippen LogP contribution in [-0.4, -0.2) is 55.8 Å². The van der Waals surface area contributed by atoms with Crippen molar-refractivity contribution in [3.8, 4) is 5.75 Å². The number of nitrogens with zero attached hydrogens (tertiary/aromatic N) is 2. The molecule has 1 unspecified atom stereocenters. The number of phenolic OH excluding ortho intramolecular Hbond substituents is 1. The number of benzene rings is 1. The van der Waals surface area contributed by atoms with Crippen LogP contribution in [0.3, 0.4) is 0 Å². The summed E-state index contributed by atoms with van der Waals surface area (Å²) in [6, 6.07) is 7.56. The van der Waals surface area contributed by atoms with Gasteiger partial charge in [-0.3, -0.25) is 4.90 Å². The molecule has 0 saturated carbocycles. The quantitative estimate of drug-likeness (QED) is 0.877. The van der Waals surface area contributed by atoms with E-state index >= 15 is 0 Å². The highest BCUT2D eigenvalue weighted by molar-refractivity contribution is 5.49. The summed E-state index contributed by atoms with van der Waals surface area (Å²) in [5.41, 5.74) is 1.68. The maximum atomic E-state index is 9.35. The number of phenols is 1. The maximum absolute atomic E-state index is 9.35. The average molecular weight is 275 g/mol. The van der Waals surface area contributed by atoms with Crippen molar-refractivity contribution in [1.82, 2.24) is 10.2 Å². The van der Waals surface area contributed by atoms with Crippen LogP contribution in [0.5, 0.6) is 5.75 Å². The van der Waals surface area contributed by atoms with Gasteiger partial charge in [-0.2, -0.15) is 0 Å². The second-order valence-corrected chi connectivity index (χ2v) is 6.52. The molecule has 2 fully saturated rings. The Morgan fingerprint density at radius 2 is 1.85 bits per heavy atom. The molecule has 0 aliphatic carbocycles. The van der Waals surface area contributed by atoms with E-state index in [9.17, 15) is 5.11 Å². The van der Waals surface area contributed by atoms with Crippen LogP contribution < -0.4 is 10.2 Å². The van der Waals surface area contributed by atoms with Crippen molar-refractivity contribution < 1.29 is 5.11 Å². The van der Waals surface area contributed by atoms with E-state index in [2.05, 4.69) is 22.0 Å². The van der Waals surface area contributed by atoms with E-state index in [0.717, 1.165) is 32.7 Å². The number of aromatic hydroxyl groups is 1. The van der Waals surface area contributed by atoms with E-state index in [1.807, 2.05) is 12.1 Å². The highest BCUT2D eigenvalue weighted by Gasteiger charge is 2.31. The van der Waals surface area contributed by atoms with Crippen LogP contribution in [0.2, 0.25) is 0 Å². The van der Waals surface area contributed by atoms with E-state index in [-0.39, 0.29) is 0 Å². The van der Waals surface area contributed by atoms with Crippen LogP contribution in [0.15, 0.2) is 24.3 Å². The summed E-state index contributed by atoms with van der Waals surface area (Å²) in [7, 11) is 0. The second kappa shape index (κ2) is 5.62. The lowest BCUT2D eigenvalue weighted by molar-refractivity contribution is 0.169. The lowest BCUT2D eigenvalue weighted by Gasteiger charge is -2.39. The fourth-order valence-electron chi connectivity index (χ4n) is 3.37. The van der Waals surface area contributed by atoms with Crippen molar-refractivity contribution >= 4 is 5.69 Å². The first kappa shape index (κ1) is 13.7. The number of piperazine rings is 1. The molecule has 2 aliphatic heterocycles. The Kier molecular flexibility index (Phi) is 3.85. The van der Waals surface area contributed by atoms with Gasteiger partial charge in [0.15, 0.2) is 0 Å². The molecule has 1 aromatic rings. The molecule has 20 heavy (non-hydrogen) atoms. The summed E-state index contributed by atoms with van der Waals surface area (Å²) in [5.74, 6) is 0.342. The topological polar surface area (TPSA) is 38.7 Å². The van der Waals surface area contributed by atoms with Gasteiger partial charge in [0.1, 0.15) is 5.75 Å². The molecule has 1 atom stereocenters. The van der Waals surface area contributed by atoms with Crippen LogP contribution in [0.4, 0.5) is 5.69 Å². The molecule has 2 saturated heterocycles. The van der Waals surface area contributed by atoms with Crippen molar-refractivity contribution in [2.75, 3.05) is 50.7 Å². The number of hydrogen-bond donors (Lipinski definition) is 2. The van der Waals surface area contributed by atoms with Gasteiger partial charge in [-0.05, 0) is 42.6 Å². The molecule has 2 aliphatic rings. The predicted molar refractivity (Wildman–Crippen MR) is 82.4 cm³/mol. The Hall–Kier alpha value is -1.26. The molecule has 0 aromatic heterocycles. The predicted octanol–water partition coefficient (Wildman–Crippen LogP) is 1.51. The number of nitrogens with one attached hydrogen (secondary N) is 1.